The van der Waals surface area contributed by atoms with Crippen molar-refractivity contribution >= 4 is 243 Å². The van der Waals surface area contributed by atoms with Crippen molar-refractivity contribution < 1.29 is 24.2 Å². The normalized spacial score (nSPS) is 10.7. The minimum Gasteiger partial charge on any atom is -0.423 e. The zero-order chi connectivity index (χ0) is 84.1. The van der Waals surface area contributed by atoms with Crippen molar-refractivity contribution in [1.29, 1.82) is 0 Å². The Morgan fingerprint density at radius 1 is 0.395 bits per heavy atom. The maximum atomic E-state index is 12.5. The number of aryl methyl sites for hydroxylation is 2. The number of rotatable bonds is 12. The van der Waals surface area contributed by atoms with Gasteiger partial charge in [-0.25, -0.2) is 4.98 Å². The SMILES string of the molecule is Brc1ccccc1-c1nc2ccccc2n1-c1ccccc1.Cc1ccc(-n2c3ccc(Br)cc3c3cc(Br)ccc32)cc1.Cc1ccc(-n2c3ccccc3c3cc(B(O)O)ccc32)cc1.Nc1ccccc1Nc1ccccc1.O=C(Cl)c1ccccc1Br.O=C(Nc1ccccc1Nc1ccccc1)c1ccccc1Br.O=P(Cl)(Cl)Cl. The van der Waals surface area contributed by atoms with Crippen molar-refractivity contribution in [1.82, 2.24) is 18.7 Å². The highest BCUT2D eigenvalue weighted by molar-refractivity contribution is 9.11. The molecular weight excluding hydrogens is 1920 g/mol. The average molecular weight is 1990 g/mol. The summed E-state index contributed by atoms with van der Waals surface area (Å²) in [6, 6.07) is 120. The number of para-hydroxylation sites is 10. The first-order chi connectivity index (χ1) is 57.4. The average Bonchev–Trinajstić information content (AvgIpc) is 1.60. The number of anilines is 6. The number of carbonyl (C=O) groups is 2. The van der Waals surface area contributed by atoms with Gasteiger partial charge in [0.15, 0.2) is 0 Å². The van der Waals surface area contributed by atoms with Crippen molar-refractivity contribution in [2.75, 3.05) is 21.7 Å². The van der Waals surface area contributed by atoms with E-state index in [1.807, 2.05) is 206 Å². The smallest absolute Gasteiger partial charge is 0.423 e. The highest BCUT2D eigenvalue weighted by Crippen LogP contribution is 2.61. The number of nitrogen functional groups attached to an aromatic ring is 1. The Morgan fingerprint density at radius 2 is 0.790 bits per heavy atom. The highest BCUT2D eigenvalue weighted by atomic mass is 79.9. The number of aromatic nitrogens is 4. The van der Waals surface area contributed by atoms with Crippen LogP contribution >= 0.6 is 130 Å². The fourth-order valence-electron chi connectivity index (χ4n) is 12.9. The van der Waals surface area contributed by atoms with Crippen LogP contribution in [0.25, 0.3) is 83.1 Å². The number of hydrogen-bond donors (Lipinski definition) is 6. The molecule has 3 heterocycles. The highest BCUT2D eigenvalue weighted by Gasteiger charge is 2.20. The van der Waals surface area contributed by atoms with Gasteiger partial charge < -0.3 is 40.9 Å². The lowest BCUT2D eigenvalue weighted by atomic mass is 9.80. The largest absolute Gasteiger partial charge is 0.488 e. The van der Waals surface area contributed by atoms with Gasteiger partial charge in [-0.15, -0.1) is 0 Å². The molecule has 0 atom stereocenters. The summed E-state index contributed by atoms with van der Waals surface area (Å²) >= 11 is 36.5. The van der Waals surface area contributed by atoms with Gasteiger partial charge >= 0.3 is 12.3 Å². The number of halogens is 9. The van der Waals surface area contributed by atoms with Gasteiger partial charge in [0.05, 0.1) is 61.4 Å². The summed E-state index contributed by atoms with van der Waals surface area (Å²) in [7, 11) is -1.46. The molecule has 1 amide bonds. The van der Waals surface area contributed by atoms with E-state index in [4.69, 9.17) is 22.3 Å². The number of fused-ring (bicyclic) bond motifs is 7. The Kier molecular flexibility index (Phi) is 31.1. The van der Waals surface area contributed by atoms with Crippen LogP contribution in [-0.4, -0.2) is 47.0 Å². The molecule has 0 saturated carbocycles. The molecule has 3 aromatic heterocycles. The lowest BCUT2D eigenvalue weighted by molar-refractivity contribution is 0.102. The quantitative estimate of drug-likeness (QED) is 0.0300. The molecule has 0 bridgehead atoms. The maximum absolute atomic E-state index is 12.5. The summed E-state index contributed by atoms with van der Waals surface area (Å²) < 4.78 is 21.0. The zero-order valence-electron chi connectivity index (χ0n) is 63.6. The molecule has 0 aliphatic rings. The molecule has 0 radical (unpaired) electrons. The topological polar surface area (TPSA) is 181 Å². The third-order valence-corrected chi connectivity index (χ3v) is 21.7. The van der Waals surface area contributed by atoms with Crippen molar-refractivity contribution in [3.8, 4) is 28.5 Å². The predicted octanol–water partition coefficient (Wildman–Crippen LogP) is 28.9. The lowest BCUT2D eigenvalue weighted by Crippen LogP contribution is -2.29. The number of hydrogen-bond acceptors (Lipinski definition) is 9. The second-order valence-electron chi connectivity index (χ2n) is 26.6. The summed E-state index contributed by atoms with van der Waals surface area (Å²) in [5, 5.41) is 29.4. The Labute approximate surface area is 751 Å². The fourth-order valence-corrected chi connectivity index (χ4v) is 15.3. The van der Waals surface area contributed by atoms with Crippen LogP contribution in [0.15, 0.2) is 386 Å². The molecular formula is C95H73BBr5Cl4N8O5P. The number of imidazole rings is 1. The van der Waals surface area contributed by atoms with Crippen molar-refractivity contribution in [2.45, 2.75) is 13.8 Å². The van der Waals surface area contributed by atoms with Gasteiger partial charge in [-0.05, 0) is 256 Å². The van der Waals surface area contributed by atoms with Crippen LogP contribution in [0.4, 0.5) is 34.1 Å². The molecule has 119 heavy (non-hydrogen) atoms. The number of amides is 1. The Balaban J connectivity index is 0.000000132. The summed E-state index contributed by atoms with van der Waals surface area (Å²) in [5.41, 5.74) is 26.4. The van der Waals surface area contributed by atoms with Crippen molar-refractivity contribution in [2.24, 2.45) is 0 Å². The molecule has 13 nitrogen and oxygen atoms in total. The molecule has 18 rings (SSSR count). The van der Waals surface area contributed by atoms with Crippen molar-refractivity contribution in [3.63, 3.8) is 0 Å². The first-order valence-electron chi connectivity index (χ1n) is 36.9. The molecule has 18 aromatic rings. The van der Waals surface area contributed by atoms with Crippen LogP contribution in [0.5, 0.6) is 0 Å². The van der Waals surface area contributed by atoms with Crippen LogP contribution in [0.1, 0.15) is 31.8 Å². The van der Waals surface area contributed by atoms with E-state index in [1.54, 1.807) is 30.3 Å². The van der Waals surface area contributed by atoms with E-state index < -0.39 is 17.6 Å². The van der Waals surface area contributed by atoms with E-state index in [0.717, 1.165) is 112 Å². The molecule has 0 fully saturated rings. The van der Waals surface area contributed by atoms with Crippen LogP contribution in [0.3, 0.4) is 0 Å². The maximum Gasteiger partial charge on any atom is 0.488 e. The number of benzene rings is 15. The minimum atomic E-state index is -3.22. The number of nitrogens with zero attached hydrogens (tertiary/aromatic N) is 4. The van der Waals surface area contributed by atoms with Crippen molar-refractivity contribution in [3.05, 3.63) is 409 Å². The summed E-state index contributed by atoms with van der Waals surface area (Å²) in [6.07, 6.45) is 0. The summed E-state index contributed by atoms with van der Waals surface area (Å²) in [6.45, 7) is 4.19. The van der Waals surface area contributed by atoms with E-state index >= 15 is 0 Å². The van der Waals surface area contributed by atoms with Gasteiger partial charge in [0.2, 0.25) is 0 Å². The molecule has 24 heteroatoms. The van der Waals surface area contributed by atoms with Gasteiger partial charge in [0.25, 0.3) is 11.1 Å². The van der Waals surface area contributed by atoms with Gasteiger partial charge in [-0.1, -0.05) is 263 Å². The van der Waals surface area contributed by atoms with Crippen LogP contribution in [-0.2, 0) is 4.57 Å². The molecule has 0 aliphatic carbocycles. The number of carbonyl (C=O) groups excluding carboxylic acids is 2. The number of nitrogens with one attached hydrogen (secondary N) is 3. The van der Waals surface area contributed by atoms with E-state index in [0.29, 0.717) is 16.6 Å². The third-order valence-electron chi connectivity index (χ3n) is 18.4. The second kappa shape index (κ2) is 42.1. The minimum absolute atomic E-state index is 0.153. The second-order valence-corrected chi connectivity index (χ2v) is 38.0. The van der Waals surface area contributed by atoms with E-state index in [2.05, 4.69) is 284 Å². The van der Waals surface area contributed by atoms with Crippen LogP contribution in [0.2, 0.25) is 0 Å². The monoisotopic (exact) mass is 1980 g/mol. The number of nitrogens with two attached hydrogens (primary N) is 1. The van der Waals surface area contributed by atoms with Crippen LogP contribution in [0, 0.1) is 13.8 Å². The van der Waals surface area contributed by atoms with Gasteiger partial charge in [0.1, 0.15) is 5.82 Å². The van der Waals surface area contributed by atoms with E-state index in [9.17, 15) is 24.2 Å². The van der Waals surface area contributed by atoms with E-state index in [1.165, 1.54) is 38.6 Å². The first kappa shape index (κ1) is 88.0. The Bertz CT molecular complexity index is 6520. The van der Waals surface area contributed by atoms with Crippen LogP contribution < -0.4 is 27.1 Å². The predicted molar refractivity (Wildman–Crippen MR) is 519 cm³/mol. The standard InChI is InChI=1S/C19H16BNO2.C19H13Br2N.C19H15BrN2O.C19H13BrN2.C12H12N2.C7H4BrClO.Cl3OP/c1-13-6-9-15(10-7-13)21-18-5-3-2-4-16(18)17-12-14(20(22)23)8-11-19(17)21;1-12-2-6-15(7-3-12)22-18-8-4-13(20)10-16(18)17-11-14(21)5-9-19(17)22;20-16-11-5-4-10-15(16)19(23)22-18-13-7-6-12-17(18)21-14-8-2-1-3-9-14;20-16-11-5-4-10-15(16)19-21-17-12-6-7-13-18(17)22(19)14-8-2-1-3-9-14;13-11-8-4-5-9-12(11)14-10-6-2-1-3-7-10;8-6-4-2-1-3-5(6)7(9)10;1-5(2,3)4/h2-12,22-23H,1H3;2-11H,1H3;1-13,21H,(H,22,23);1-13H;1-9,14H,13H2;1-4H;. The summed E-state index contributed by atoms with van der Waals surface area (Å²) in [4.78, 5) is 27.9. The molecule has 0 spiro atoms. The molecule has 0 saturated heterocycles. The lowest BCUT2D eigenvalue weighted by Gasteiger charge is -2.13. The molecule has 594 valence electrons. The van der Waals surface area contributed by atoms with Gasteiger partial charge in [-0.2, -0.15) is 0 Å². The molecule has 7 N–H and O–H groups in total. The van der Waals surface area contributed by atoms with E-state index in [-0.39, 0.29) is 5.91 Å². The summed E-state index contributed by atoms with van der Waals surface area (Å²) in [5.74, 6) is 0.791. The molecule has 0 aliphatic heterocycles. The fraction of sp³-hybridized carbons (Fsp3) is 0.0211. The Morgan fingerprint density at radius 3 is 1.29 bits per heavy atom. The Hall–Kier alpha value is -10.3. The third kappa shape index (κ3) is 23.6. The first-order valence-corrected chi connectivity index (χ1v) is 45.7. The molecule has 15 aromatic carbocycles. The van der Waals surface area contributed by atoms with Gasteiger partial charge in [0, 0.05) is 83.5 Å². The zero-order valence-corrected chi connectivity index (χ0v) is 75.4. The van der Waals surface area contributed by atoms with Gasteiger partial charge in [-0.3, -0.25) is 18.7 Å². The molecule has 0 unspecified atom stereocenters.